The topological polar surface area (TPSA) is 73.2 Å². The number of nitriles is 1. The third kappa shape index (κ3) is 2.89. The molecule has 5 nitrogen and oxygen atoms in total. The zero-order valence-electron chi connectivity index (χ0n) is 11.4. The SMILES string of the molecule is CC(=O)NC1CCN(C(=O)C2(C#N)CCCCC2)C1. The summed E-state index contributed by atoms with van der Waals surface area (Å²) < 4.78 is 0. The summed E-state index contributed by atoms with van der Waals surface area (Å²) in [6.07, 6.45) is 5.19. The highest BCUT2D eigenvalue weighted by molar-refractivity contribution is 5.86. The number of nitrogens with zero attached hydrogens (tertiary/aromatic N) is 2. The van der Waals surface area contributed by atoms with Crippen LogP contribution in [0.1, 0.15) is 45.4 Å². The highest BCUT2D eigenvalue weighted by Crippen LogP contribution is 2.38. The minimum atomic E-state index is -0.802. The Balaban J connectivity index is 2.00. The second-order valence-electron chi connectivity index (χ2n) is 5.69. The lowest BCUT2D eigenvalue weighted by molar-refractivity contribution is -0.139. The van der Waals surface area contributed by atoms with E-state index in [9.17, 15) is 14.9 Å². The molecule has 0 bridgehead atoms. The van der Waals surface area contributed by atoms with Crippen molar-refractivity contribution in [3.63, 3.8) is 0 Å². The molecule has 2 rings (SSSR count). The monoisotopic (exact) mass is 263 g/mol. The van der Waals surface area contributed by atoms with Crippen LogP contribution in [-0.4, -0.2) is 35.8 Å². The van der Waals surface area contributed by atoms with E-state index in [1.54, 1.807) is 4.90 Å². The Hall–Kier alpha value is -1.57. The molecular weight excluding hydrogens is 242 g/mol. The van der Waals surface area contributed by atoms with Gasteiger partial charge in [0.2, 0.25) is 11.8 Å². The van der Waals surface area contributed by atoms with Crippen molar-refractivity contribution in [1.82, 2.24) is 10.2 Å². The molecule has 2 fully saturated rings. The molecule has 2 aliphatic rings. The van der Waals surface area contributed by atoms with Gasteiger partial charge in [-0.2, -0.15) is 5.26 Å². The molecule has 1 heterocycles. The van der Waals surface area contributed by atoms with Crippen molar-refractivity contribution in [2.24, 2.45) is 5.41 Å². The number of carbonyl (C=O) groups is 2. The molecule has 0 aromatic carbocycles. The number of rotatable bonds is 2. The molecule has 0 radical (unpaired) electrons. The van der Waals surface area contributed by atoms with Crippen LogP contribution >= 0.6 is 0 Å². The predicted molar refractivity (Wildman–Crippen MR) is 69.9 cm³/mol. The summed E-state index contributed by atoms with van der Waals surface area (Å²) >= 11 is 0. The van der Waals surface area contributed by atoms with Crippen LogP contribution in [0.4, 0.5) is 0 Å². The summed E-state index contributed by atoms with van der Waals surface area (Å²) in [5, 5.41) is 12.3. The molecule has 19 heavy (non-hydrogen) atoms. The van der Waals surface area contributed by atoms with Crippen LogP contribution < -0.4 is 5.32 Å². The van der Waals surface area contributed by atoms with Crippen molar-refractivity contribution in [2.45, 2.75) is 51.5 Å². The quantitative estimate of drug-likeness (QED) is 0.813. The van der Waals surface area contributed by atoms with Crippen LogP contribution in [0.3, 0.4) is 0 Å². The third-order valence-corrected chi connectivity index (χ3v) is 4.21. The fraction of sp³-hybridized carbons (Fsp3) is 0.786. The number of carbonyl (C=O) groups excluding carboxylic acids is 2. The maximum Gasteiger partial charge on any atom is 0.243 e. The lowest BCUT2D eigenvalue weighted by atomic mass is 9.74. The van der Waals surface area contributed by atoms with E-state index >= 15 is 0 Å². The Morgan fingerprint density at radius 3 is 2.58 bits per heavy atom. The summed E-state index contributed by atoms with van der Waals surface area (Å²) in [7, 11) is 0. The Morgan fingerprint density at radius 2 is 2.00 bits per heavy atom. The number of likely N-dealkylation sites (tertiary alicyclic amines) is 1. The van der Waals surface area contributed by atoms with Gasteiger partial charge in [-0.25, -0.2) is 0 Å². The van der Waals surface area contributed by atoms with E-state index in [1.807, 2.05) is 0 Å². The predicted octanol–water partition coefficient (Wildman–Crippen LogP) is 1.20. The summed E-state index contributed by atoms with van der Waals surface area (Å²) in [4.78, 5) is 25.4. The van der Waals surface area contributed by atoms with Gasteiger partial charge in [-0.15, -0.1) is 0 Å². The molecule has 1 aliphatic carbocycles. The van der Waals surface area contributed by atoms with Gasteiger partial charge in [-0.3, -0.25) is 9.59 Å². The Labute approximate surface area is 113 Å². The molecule has 0 aromatic rings. The highest BCUT2D eigenvalue weighted by Gasteiger charge is 2.44. The molecular formula is C14H21N3O2. The van der Waals surface area contributed by atoms with Crippen LogP contribution in [0.5, 0.6) is 0 Å². The minimum Gasteiger partial charge on any atom is -0.352 e. The van der Waals surface area contributed by atoms with E-state index in [4.69, 9.17) is 0 Å². The standard InChI is InChI=1S/C14H21N3O2/c1-11(18)16-12-5-8-17(9-12)13(19)14(10-15)6-3-2-4-7-14/h12H,2-9H2,1H3,(H,16,18). The van der Waals surface area contributed by atoms with Gasteiger partial charge < -0.3 is 10.2 Å². The highest BCUT2D eigenvalue weighted by atomic mass is 16.2. The first-order chi connectivity index (χ1) is 9.07. The number of hydrogen-bond acceptors (Lipinski definition) is 3. The molecule has 1 aliphatic heterocycles. The molecule has 0 spiro atoms. The average Bonchev–Trinajstić information content (AvgIpc) is 2.86. The van der Waals surface area contributed by atoms with Gasteiger partial charge >= 0.3 is 0 Å². The van der Waals surface area contributed by atoms with Gasteiger partial charge in [0, 0.05) is 26.1 Å². The molecule has 2 amide bonds. The van der Waals surface area contributed by atoms with Gasteiger partial charge in [-0.1, -0.05) is 19.3 Å². The lowest BCUT2D eigenvalue weighted by Crippen LogP contribution is -2.45. The zero-order valence-corrected chi connectivity index (χ0v) is 11.4. The van der Waals surface area contributed by atoms with E-state index in [2.05, 4.69) is 11.4 Å². The molecule has 1 unspecified atom stereocenters. The summed E-state index contributed by atoms with van der Waals surface area (Å²) in [6, 6.07) is 2.31. The van der Waals surface area contributed by atoms with Crippen molar-refractivity contribution >= 4 is 11.8 Å². The first kappa shape index (κ1) is 13.9. The van der Waals surface area contributed by atoms with Crippen LogP contribution in [0.25, 0.3) is 0 Å². The maximum atomic E-state index is 12.6. The van der Waals surface area contributed by atoms with Crippen LogP contribution in [0.2, 0.25) is 0 Å². The fourth-order valence-corrected chi connectivity index (χ4v) is 3.18. The maximum absolute atomic E-state index is 12.6. The lowest BCUT2D eigenvalue weighted by Gasteiger charge is -2.33. The normalized spacial score (nSPS) is 25.7. The number of amides is 2. The summed E-state index contributed by atoms with van der Waals surface area (Å²) in [5.41, 5.74) is -0.802. The van der Waals surface area contributed by atoms with Crippen molar-refractivity contribution in [3.05, 3.63) is 0 Å². The molecule has 1 saturated heterocycles. The van der Waals surface area contributed by atoms with Crippen molar-refractivity contribution in [1.29, 1.82) is 5.26 Å². The van der Waals surface area contributed by atoms with Gasteiger partial charge in [-0.05, 0) is 19.3 Å². The van der Waals surface area contributed by atoms with Crippen LogP contribution in [-0.2, 0) is 9.59 Å². The zero-order chi connectivity index (χ0) is 13.9. The average molecular weight is 263 g/mol. The van der Waals surface area contributed by atoms with E-state index in [1.165, 1.54) is 6.92 Å². The first-order valence-corrected chi connectivity index (χ1v) is 7.05. The Bertz CT molecular complexity index is 407. The summed E-state index contributed by atoms with van der Waals surface area (Å²) in [5.74, 6) is -0.0884. The number of hydrogen-bond donors (Lipinski definition) is 1. The smallest absolute Gasteiger partial charge is 0.243 e. The van der Waals surface area contributed by atoms with E-state index in [0.717, 1.165) is 25.7 Å². The largest absolute Gasteiger partial charge is 0.352 e. The summed E-state index contributed by atoms with van der Waals surface area (Å²) in [6.45, 7) is 2.68. The van der Waals surface area contributed by atoms with E-state index in [-0.39, 0.29) is 17.9 Å². The van der Waals surface area contributed by atoms with Gasteiger partial charge in [0.25, 0.3) is 0 Å². The van der Waals surface area contributed by atoms with Crippen molar-refractivity contribution in [2.75, 3.05) is 13.1 Å². The molecule has 104 valence electrons. The van der Waals surface area contributed by atoms with E-state index < -0.39 is 5.41 Å². The third-order valence-electron chi connectivity index (χ3n) is 4.21. The second kappa shape index (κ2) is 5.60. The first-order valence-electron chi connectivity index (χ1n) is 7.05. The van der Waals surface area contributed by atoms with Crippen molar-refractivity contribution < 1.29 is 9.59 Å². The molecule has 1 atom stereocenters. The molecule has 1 saturated carbocycles. The Kier molecular flexibility index (Phi) is 4.08. The minimum absolute atomic E-state index is 0.0254. The number of nitrogens with one attached hydrogen (secondary N) is 1. The van der Waals surface area contributed by atoms with Crippen LogP contribution in [0, 0.1) is 16.7 Å². The molecule has 0 aromatic heterocycles. The van der Waals surface area contributed by atoms with Gasteiger partial charge in [0.05, 0.1) is 6.07 Å². The van der Waals surface area contributed by atoms with Gasteiger partial charge in [0.15, 0.2) is 0 Å². The molecule has 1 N–H and O–H groups in total. The van der Waals surface area contributed by atoms with Crippen LogP contribution in [0.15, 0.2) is 0 Å². The molecule has 5 heteroatoms. The Morgan fingerprint density at radius 1 is 1.32 bits per heavy atom. The fourth-order valence-electron chi connectivity index (χ4n) is 3.18. The second-order valence-corrected chi connectivity index (χ2v) is 5.69. The van der Waals surface area contributed by atoms with E-state index in [0.29, 0.717) is 25.9 Å². The van der Waals surface area contributed by atoms with Gasteiger partial charge in [0.1, 0.15) is 5.41 Å². The van der Waals surface area contributed by atoms with Crippen molar-refractivity contribution in [3.8, 4) is 6.07 Å².